The summed E-state index contributed by atoms with van der Waals surface area (Å²) in [5.74, 6) is 1.86. The Bertz CT molecular complexity index is 306. The maximum atomic E-state index is 5.51. The fraction of sp³-hybridized carbons (Fsp3) is 0.556. The average Bonchev–Trinajstić information content (AvgIpc) is 2.51. The quantitative estimate of drug-likeness (QED) is 0.589. The molecule has 2 N–H and O–H groups in total. The lowest BCUT2D eigenvalue weighted by molar-refractivity contribution is 0.628. The number of hydrogen-bond acceptors (Lipinski definition) is 4. The molecule has 0 fully saturated rings. The number of aromatic nitrogens is 3. The number of thioether (sulfide) groups is 1. The van der Waals surface area contributed by atoms with Gasteiger partial charge in [-0.25, -0.2) is 0 Å². The molecule has 1 heterocycles. The van der Waals surface area contributed by atoms with E-state index in [0.717, 1.165) is 23.3 Å². The third-order valence-corrected chi connectivity index (χ3v) is 2.72. The molecule has 14 heavy (non-hydrogen) atoms. The molecule has 0 radical (unpaired) electrons. The summed E-state index contributed by atoms with van der Waals surface area (Å²) in [6.07, 6.45) is 4.13. The fourth-order valence-electron chi connectivity index (χ4n) is 1.07. The van der Waals surface area contributed by atoms with Gasteiger partial charge in [-0.2, -0.15) is 0 Å². The van der Waals surface area contributed by atoms with Gasteiger partial charge >= 0.3 is 0 Å². The van der Waals surface area contributed by atoms with Gasteiger partial charge in [-0.1, -0.05) is 23.9 Å². The Morgan fingerprint density at radius 1 is 1.50 bits per heavy atom. The third-order valence-electron chi connectivity index (χ3n) is 1.80. The van der Waals surface area contributed by atoms with Crippen LogP contribution in [-0.4, -0.2) is 27.1 Å². The summed E-state index contributed by atoms with van der Waals surface area (Å²) in [5, 5.41) is 9.07. The maximum Gasteiger partial charge on any atom is 0.191 e. The van der Waals surface area contributed by atoms with E-state index in [2.05, 4.69) is 16.3 Å². The average molecular weight is 212 g/mol. The molecule has 0 atom stereocenters. The molecule has 0 aromatic carbocycles. The Labute approximate surface area is 88.6 Å². The van der Waals surface area contributed by atoms with Crippen LogP contribution in [0.2, 0.25) is 0 Å². The van der Waals surface area contributed by atoms with Gasteiger partial charge in [0.15, 0.2) is 5.16 Å². The molecule has 4 nitrogen and oxygen atoms in total. The Morgan fingerprint density at radius 2 is 2.29 bits per heavy atom. The number of nitrogens with zero attached hydrogens (tertiary/aromatic N) is 3. The highest BCUT2D eigenvalue weighted by molar-refractivity contribution is 7.99. The van der Waals surface area contributed by atoms with Crippen molar-refractivity contribution in [3.8, 4) is 0 Å². The first-order valence-corrected chi connectivity index (χ1v) is 5.62. The van der Waals surface area contributed by atoms with Crippen LogP contribution in [-0.2, 0) is 6.54 Å². The van der Waals surface area contributed by atoms with E-state index in [4.69, 9.17) is 5.73 Å². The molecule has 5 heteroatoms. The zero-order valence-electron chi connectivity index (χ0n) is 8.60. The van der Waals surface area contributed by atoms with Crippen LogP contribution in [0.5, 0.6) is 0 Å². The zero-order valence-corrected chi connectivity index (χ0v) is 9.42. The van der Waals surface area contributed by atoms with Crippen molar-refractivity contribution in [3.63, 3.8) is 0 Å². The Balaban J connectivity index is 2.65. The normalized spacial score (nSPS) is 11.4. The third kappa shape index (κ3) is 2.85. The number of nitrogens with two attached hydrogens (primary N) is 1. The van der Waals surface area contributed by atoms with Crippen molar-refractivity contribution < 1.29 is 0 Å². The van der Waals surface area contributed by atoms with E-state index < -0.39 is 0 Å². The minimum Gasteiger partial charge on any atom is -0.329 e. The van der Waals surface area contributed by atoms with E-state index >= 15 is 0 Å². The van der Waals surface area contributed by atoms with Crippen molar-refractivity contribution in [1.29, 1.82) is 0 Å². The van der Waals surface area contributed by atoms with Crippen LogP contribution >= 0.6 is 11.8 Å². The number of aryl methyl sites for hydroxylation is 1. The van der Waals surface area contributed by atoms with Gasteiger partial charge in [-0.3, -0.25) is 0 Å². The first-order chi connectivity index (χ1) is 6.79. The Hall–Kier alpha value is -0.810. The van der Waals surface area contributed by atoms with Crippen LogP contribution in [0, 0.1) is 6.92 Å². The topological polar surface area (TPSA) is 56.7 Å². The number of allylic oxidation sites excluding steroid dienone is 1. The summed E-state index contributed by atoms with van der Waals surface area (Å²) < 4.78 is 2.05. The summed E-state index contributed by atoms with van der Waals surface area (Å²) in [6, 6.07) is 0. The molecule has 1 rings (SSSR count). The minimum atomic E-state index is 0.621. The summed E-state index contributed by atoms with van der Waals surface area (Å²) in [4.78, 5) is 0. The van der Waals surface area contributed by atoms with Crippen LogP contribution < -0.4 is 5.73 Å². The molecular weight excluding hydrogens is 196 g/mol. The van der Waals surface area contributed by atoms with Crippen molar-refractivity contribution in [2.24, 2.45) is 5.73 Å². The second-order valence-electron chi connectivity index (χ2n) is 2.85. The molecule has 0 unspecified atom stereocenters. The van der Waals surface area contributed by atoms with Gasteiger partial charge in [0.25, 0.3) is 0 Å². The Morgan fingerprint density at radius 3 is 2.93 bits per heavy atom. The molecule has 0 spiro atoms. The molecule has 78 valence electrons. The summed E-state index contributed by atoms with van der Waals surface area (Å²) in [6.45, 7) is 5.37. The molecule has 0 saturated heterocycles. The standard InChI is InChI=1S/C9H16N4S/c1-3-4-7-14-9-12-11-8(2)13(9)6-5-10/h3-4H,5-7,10H2,1-2H3. The zero-order chi connectivity index (χ0) is 10.4. The van der Waals surface area contributed by atoms with Gasteiger partial charge in [0, 0.05) is 18.8 Å². The maximum absolute atomic E-state index is 5.51. The van der Waals surface area contributed by atoms with Crippen LogP contribution in [0.4, 0.5) is 0 Å². The van der Waals surface area contributed by atoms with Gasteiger partial charge in [0.2, 0.25) is 0 Å². The van der Waals surface area contributed by atoms with Crippen molar-refractivity contribution in [3.05, 3.63) is 18.0 Å². The summed E-state index contributed by atoms with van der Waals surface area (Å²) in [7, 11) is 0. The van der Waals surface area contributed by atoms with Gasteiger partial charge in [0.05, 0.1) is 0 Å². The van der Waals surface area contributed by atoms with E-state index in [9.17, 15) is 0 Å². The molecule has 1 aromatic rings. The highest BCUT2D eigenvalue weighted by Gasteiger charge is 2.06. The first-order valence-electron chi connectivity index (χ1n) is 4.63. The smallest absolute Gasteiger partial charge is 0.191 e. The SMILES string of the molecule is CC=CCSc1nnc(C)n1CCN. The van der Waals surface area contributed by atoms with Crippen molar-refractivity contribution in [2.45, 2.75) is 25.5 Å². The van der Waals surface area contributed by atoms with E-state index in [1.165, 1.54) is 0 Å². The second kappa shape index (κ2) is 5.82. The number of rotatable bonds is 5. The molecule has 1 aromatic heterocycles. The lowest BCUT2D eigenvalue weighted by Gasteiger charge is -2.04. The van der Waals surface area contributed by atoms with E-state index in [1.54, 1.807) is 11.8 Å². The highest BCUT2D eigenvalue weighted by Crippen LogP contribution is 2.16. The molecule has 0 aliphatic heterocycles. The largest absolute Gasteiger partial charge is 0.329 e. The summed E-state index contributed by atoms with van der Waals surface area (Å²) in [5.41, 5.74) is 5.51. The van der Waals surface area contributed by atoms with Gasteiger partial charge in [-0.15, -0.1) is 10.2 Å². The first kappa shape index (κ1) is 11.3. The van der Waals surface area contributed by atoms with Crippen LogP contribution in [0.25, 0.3) is 0 Å². The van der Waals surface area contributed by atoms with Gasteiger partial charge in [-0.05, 0) is 13.8 Å². The molecular formula is C9H16N4S. The Kier molecular flexibility index (Phi) is 4.69. The van der Waals surface area contributed by atoms with Gasteiger partial charge in [0.1, 0.15) is 5.82 Å². The van der Waals surface area contributed by atoms with E-state index in [-0.39, 0.29) is 0 Å². The van der Waals surface area contributed by atoms with Crippen LogP contribution in [0.15, 0.2) is 17.3 Å². The predicted octanol–water partition coefficient (Wildman–Crippen LogP) is 1.21. The molecule has 0 saturated carbocycles. The summed E-state index contributed by atoms with van der Waals surface area (Å²) >= 11 is 1.68. The molecule has 0 aliphatic carbocycles. The lowest BCUT2D eigenvalue weighted by Crippen LogP contribution is -2.12. The monoisotopic (exact) mass is 212 g/mol. The van der Waals surface area contributed by atoms with Crippen molar-refractivity contribution >= 4 is 11.8 Å². The van der Waals surface area contributed by atoms with Crippen molar-refractivity contribution in [2.75, 3.05) is 12.3 Å². The predicted molar refractivity (Wildman–Crippen MR) is 59.4 cm³/mol. The van der Waals surface area contributed by atoms with Crippen LogP contribution in [0.1, 0.15) is 12.7 Å². The van der Waals surface area contributed by atoms with E-state index in [0.29, 0.717) is 6.54 Å². The molecule has 0 bridgehead atoms. The van der Waals surface area contributed by atoms with Gasteiger partial charge < -0.3 is 10.3 Å². The fourth-order valence-corrected chi connectivity index (χ4v) is 1.99. The molecule has 0 amide bonds. The highest BCUT2D eigenvalue weighted by atomic mass is 32.2. The minimum absolute atomic E-state index is 0.621. The molecule has 0 aliphatic rings. The lowest BCUT2D eigenvalue weighted by atomic mass is 10.6. The van der Waals surface area contributed by atoms with Crippen molar-refractivity contribution in [1.82, 2.24) is 14.8 Å². The van der Waals surface area contributed by atoms with Crippen LogP contribution in [0.3, 0.4) is 0 Å². The number of hydrogen-bond donors (Lipinski definition) is 1. The van der Waals surface area contributed by atoms with E-state index in [1.807, 2.05) is 24.5 Å². The second-order valence-corrected chi connectivity index (χ2v) is 3.84.